The summed E-state index contributed by atoms with van der Waals surface area (Å²) in [6.45, 7) is 0.167. The molecule has 0 bridgehead atoms. The predicted molar refractivity (Wildman–Crippen MR) is 115 cm³/mol. The first-order valence-corrected chi connectivity index (χ1v) is 9.55. The van der Waals surface area contributed by atoms with Crippen LogP contribution >= 0.6 is 23.2 Å². The van der Waals surface area contributed by atoms with Gasteiger partial charge in [-0.25, -0.2) is 4.98 Å². The van der Waals surface area contributed by atoms with E-state index in [0.29, 0.717) is 49.4 Å². The predicted octanol–water partition coefficient (Wildman–Crippen LogP) is 5.48. The summed E-state index contributed by atoms with van der Waals surface area (Å²) in [6, 6.07) is 17.8. The maximum absolute atomic E-state index is 12.4. The van der Waals surface area contributed by atoms with Gasteiger partial charge in [0.05, 0.1) is 18.0 Å². The molecule has 3 aromatic carbocycles. The molecule has 0 radical (unpaired) electrons. The van der Waals surface area contributed by atoms with Crippen LogP contribution in [-0.4, -0.2) is 17.1 Å². The van der Waals surface area contributed by atoms with Gasteiger partial charge in [-0.1, -0.05) is 41.4 Å². The lowest BCUT2D eigenvalue weighted by molar-refractivity contribution is 0.285. The number of nitrogens with one attached hydrogen (secondary N) is 1. The Kier molecular flexibility index (Phi) is 5.43. The van der Waals surface area contributed by atoms with Crippen LogP contribution in [0.1, 0.15) is 5.56 Å². The molecule has 0 spiro atoms. The monoisotopic (exact) mass is 426 g/mol. The smallest absolute Gasteiger partial charge is 0.259 e. The molecule has 1 aromatic heterocycles. The largest absolute Gasteiger partial charge is 0.493 e. The van der Waals surface area contributed by atoms with Crippen LogP contribution in [0.15, 0.2) is 65.5 Å². The molecular formula is C22H16Cl2N2O3. The number of rotatable bonds is 5. The summed E-state index contributed by atoms with van der Waals surface area (Å²) in [5, 5.41) is 1.58. The van der Waals surface area contributed by atoms with Gasteiger partial charge in [0.1, 0.15) is 12.4 Å². The van der Waals surface area contributed by atoms with Crippen LogP contribution in [0.3, 0.4) is 0 Å². The quantitative estimate of drug-likeness (QED) is 0.458. The summed E-state index contributed by atoms with van der Waals surface area (Å²) < 4.78 is 11.3. The fraction of sp³-hybridized carbons (Fsp3) is 0.0909. The molecule has 0 atom stereocenters. The Bertz CT molecular complexity index is 1230. The van der Waals surface area contributed by atoms with Gasteiger partial charge in [-0.3, -0.25) is 4.79 Å². The number of hydrogen-bond acceptors (Lipinski definition) is 4. The fourth-order valence-electron chi connectivity index (χ4n) is 2.98. The molecule has 5 nitrogen and oxygen atoms in total. The topological polar surface area (TPSA) is 64.2 Å². The average Bonchev–Trinajstić information content (AvgIpc) is 2.73. The second-order valence-corrected chi connectivity index (χ2v) is 7.10. The zero-order valence-electron chi connectivity index (χ0n) is 15.4. The minimum atomic E-state index is -0.202. The number of halogens is 2. The molecule has 0 unspecified atom stereocenters. The second-order valence-electron chi connectivity index (χ2n) is 6.29. The molecule has 29 heavy (non-hydrogen) atoms. The zero-order valence-corrected chi connectivity index (χ0v) is 16.9. The lowest BCUT2D eigenvalue weighted by atomic mass is 10.1. The molecule has 146 valence electrons. The summed E-state index contributed by atoms with van der Waals surface area (Å²) in [7, 11) is 1.56. The number of fused-ring (bicyclic) bond motifs is 1. The SMILES string of the molecule is COc1ccc(-c2nc3ccccc3c(=O)[nH]2)cc1OCc1c(Cl)cccc1Cl. The standard InChI is InChI=1S/C22H16Cl2N2O3/c1-28-19-10-9-13(21-25-18-8-3-2-5-14(18)22(27)26-21)11-20(19)29-12-15-16(23)6-4-7-17(15)24/h2-11H,12H2,1H3,(H,25,26,27). The number of benzene rings is 3. The van der Waals surface area contributed by atoms with Crippen LogP contribution in [0.25, 0.3) is 22.3 Å². The molecule has 0 aliphatic heterocycles. The normalized spacial score (nSPS) is 10.9. The number of aromatic nitrogens is 2. The fourth-order valence-corrected chi connectivity index (χ4v) is 3.49. The van der Waals surface area contributed by atoms with Gasteiger partial charge in [-0.05, 0) is 42.5 Å². The third-order valence-corrected chi connectivity index (χ3v) is 5.19. The molecular weight excluding hydrogens is 411 g/mol. The van der Waals surface area contributed by atoms with Crippen molar-refractivity contribution in [3.63, 3.8) is 0 Å². The molecule has 4 rings (SSSR count). The van der Waals surface area contributed by atoms with Crippen molar-refractivity contribution in [3.8, 4) is 22.9 Å². The number of H-pyrrole nitrogens is 1. The van der Waals surface area contributed by atoms with E-state index in [1.165, 1.54) is 0 Å². The molecule has 0 aliphatic carbocycles. The Morgan fingerprint density at radius 3 is 2.48 bits per heavy atom. The summed E-state index contributed by atoms with van der Waals surface area (Å²) in [6.07, 6.45) is 0. The molecule has 0 saturated heterocycles. The number of ether oxygens (including phenoxy) is 2. The van der Waals surface area contributed by atoms with Crippen LogP contribution in [0, 0.1) is 0 Å². The van der Waals surface area contributed by atoms with E-state index in [9.17, 15) is 4.79 Å². The first-order valence-electron chi connectivity index (χ1n) is 8.80. The Morgan fingerprint density at radius 2 is 1.72 bits per heavy atom. The summed E-state index contributed by atoms with van der Waals surface area (Å²) in [5.41, 5.74) is 1.79. The number of para-hydroxylation sites is 1. The third-order valence-electron chi connectivity index (χ3n) is 4.48. The molecule has 1 heterocycles. The Labute approximate surface area is 176 Å². The van der Waals surface area contributed by atoms with Gasteiger partial charge in [0.2, 0.25) is 0 Å². The van der Waals surface area contributed by atoms with Crippen LogP contribution in [0.2, 0.25) is 10.0 Å². The minimum absolute atomic E-state index is 0.167. The van der Waals surface area contributed by atoms with Crippen molar-refractivity contribution in [1.29, 1.82) is 0 Å². The highest BCUT2D eigenvalue weighted by Crippen LogP contribution is 2.33. The summed E-state index contributed by atoms with van der Waals surface area (Å²) in [4.78, 5) is 19.8. The highest BCUT2D eigenvalue weighted by atomic mass is 35.5. The van der Waals surface area contributed by atoms with Crippen molar-refractivity contribution in [2.75, 3.05) is 7.11 Å². The Balaban J connectivity index is 1.71. The number of aromatic amines is 1. The van der Waals surface area contributed by atoms with Crippen molar-refractivity contribution >= 4 is 34.1 Å². The van der Waals surface area contributed by atoms with E-state index >= 15 is 0 Å². The Hall–Kier alpha value is -3.02. The van der Waals surface area contributed by atoms with Gasteiger partial charge >= 0.3 is 0 Å². The zero-order chi connectivity index (χ0) is 20.4. The molecule has 7 heteroatoms. The van der Waals surface area contributed by atoms with E-state index < -0.39 is 0 Å². The maximum Gasteiger partial charge on any atom is 0.259 e. The van der Waals surface area contributed by atoms with Crippen molar-refractivity contribution in [2.24, 2.45) is 0 Å². The van der Waals surface area contributed by atoms with E-state index in [0.717, 1.165) is 0 Å². The van der Waals surface area contributed by atoms with Gasteiger partial charge in [-0.2, -0.15) is 0 Å². The van der Waals surface area contributed by atoms with Crippen molar-refractivity contribution in [2.45, 2.75) is 6.61 Å². The molecule has 0 amide bonds. The van der Waals surface area contributed by atoms with Gasteiger partial charge in [-0.15, -0.1) is 0 Å². The summed E-state index contributed by atoms with van der Waals surface area (Å²) in [5.74, 6) is 1.47. The second kappa shape index (κ2) is 8.15. The van der Waals surface area contributed by atoms with E-state index in [4.69, 9.17) is 32.7 Å². The maximum atomic E-state index is 12.4. The molecule has 0 aliphatic rings. The van der Waals surface area contributed by atoms with Gasteiger partial charge in [0.25, 0.3) is 5.56 Å². The Morgan fingerprint density at radius 1 is 0.966 bits per heavy atom. The van der Waals surface area contributed by atoms with E-state index in [-0.39, 0.29) is 12.2 Å². The molecule has 0 saturated carbocycles. The van der Waals surface area contributed by atoms with Gasteiger partial charge in [0, 0.05) is 21.2 Å². The number of nitrogens with zero attached hydrogens (tertiary/aromatic N) is 1. The lowest BCUT2D eigenvalue weighted by Gasteiger charge is -2.14. The number of methoxy groups -OCH3 is 1. The highest BCUT2D eigenvalue weighted by Gasteiger charge is 2.13. The van der Waals surface area contributed by atoms with Gasteiger partial charge in [0.15, 0.2) is 11.5 Å². The first kappa shape index (κ1) is 19.3. The van der Waals surface area contributed by atoms with Crippen molar-refractivity contribution in [1.82, 2.24) is 9.97 Å². The van der Waals surface area contributed by atoms with Crippen LogP contribution < -0.4 is 15.0 Å². The van der Waals surface area contributed by atoms with Gasteiger partial charge < -0.3 is 14.5 Å². The number of hydrogen-bond donors (Lipinski definition) is 1. The summed E-state index contributed by atoms with van der Waals surface area (Å²) >= 11 is 12.4. The van der Waals surface area contributed by atoms with Crippen molar-refractivity contribution < 1.29 is 9.47 Å². The minimum Gasteiger partial charge on any atom is -0.493 e. The molecule has 1 N–H and O–H groups in total. The van der Waals surface area contributed by atoms with Crippen LogP contribution in [0.4, 0.5) is 0 Å². The molecule has 4 aromatic rings. The van der Waals surface area contributed by atoms with Crippen molar-refractivity contribution in [3.05, 3.63) is 86.6 Å². The van der Waals surface area contributed by atoms with E-state index in [1.807, 2.05) is 6.07 Å². The molecule has 0 fully saturated rings. The van der Waals surface area contributed by atoms with Crippen LogP contribution in [0.5, 0.6) is 11.5 Å². The average molecular weight is 427 g/mol. The first-order chi connectivity index (χ1) is 14.1. The van der Waals surface area contributed by atoms with Crippen LogP contribution in [-0.2, 0) is 6.61 Å². The lowest BCUT2D eigenvalue weighted by Crippen LogP contribution is -2.09. The van der Waals surface area contributed by atoms with E-state index in [2.05, 4.69) is 9.97 Å². The highest BCUT2D eigenvalue weighted by molar-refractivity contribution is 6.35. The third kappa shape index (κ3) is 3.92. The van der Waals surface area contributed by atoms with E-state index in [1.54, 1.807) is 61.7 Å².